The van der Waals surface area contributed by atoms with Gasteiger partial charge in [-0.15, -0.1) is 0 Å². The average molecular weight is 790 g/mol. The summed E-state index contributed by atoms with van der Waals surface area (Å²) >= 11 is 0. The molecule has 302 valence electrons. The second-order valence-electron chi connectivity index (χ2n) is 16.3. The SMILES string of the molecule is CN1CCN([C@@H]2CCCN(c3cnc(C(N)=O)c(Nc4ccc(N5CC[C@H]6CCN(c7ccc8c(c7)C(=O)N(C7CCC(=O)NC7=O)C8=O)C[C@@H]6C5)cc4)n3)C2)C1=O. The molecule has 6 aliphatic heterocycles. The van der Waals surface area contributed by atoms with Crippen LogP contribution in [0.4, 0.5) is 33.5 Å². The van der Waals surface area contributed by atoms with Crippen molar-refractivity contribution >= 4 is 64.3 Å². The highest BCUT2D eigenvalue weighted by Crippen LogP contribution is 2.38. The first-order chi connectivity index (χ1) is 28.0. The Morgan fingerprint density at radius 3 is 2.22 bits per heavy atom. The Labute approximate surface area is 335 Å². The maximum atomic E-state index is 13.5. The molecule has 58 heavy (non-hydrogen) atoms. The molecule has 5 saturated heterocycles. The fourth-order valence-corrected chi connectivity index (χ4v) is 9.60. The highest BCUT2D eigenvalue weighted by Gasteiger charge is 2.45. The van der Waals surface area contributed by atoms with E-state index in [0.29, 0.717) is 37.3 Å². The third-order valence-corrected chi connectivity index (χ3v) is 12.8. The molecule has 5 fully saturated rings. The van der Waals surface area contributed by atoms with E-state index in [0.717, 1.165) is 80.4 Å². The number of primary amides is 1. The number of hydrogen-bond acceptors (Lipinski definition) is 12. The Hall–Kier alpha value is -6.26. The van der Waals surface area contributed by atoms with Crippen LogP contribution < -0.4 is 31.1 Å². The van der Waals surface area contributed by atoms with Crippen molar-refractivity contribution in [2.75, 3.05) is 79.4 Å². The number of anilines is 5. The number of rotatable bonds is 8. The summed E-state index contributed by atoms with van der Waals surface area (Å²) in [4.78, 5) is 96.7. The van der Waals surface area contributed by atoms with Crippen LogP contribution in [0.25, 0.3) is 0 Å². The first kappa shape index (κ1) is 37.3. The number of nitrogens with two attached hydrogens (primary N) is 1. The highest BCUT2D eigenvalue weighted by atomic mass is 16.2. The zero-order chi connectivity index (χ0) is 40.2. The van der Waals surface area contributed by atoms with E-state index in [1.165, 1.54) is 0 Å². The number of benzene rings is 2. The van der Waals surface area contributed by atoms with E-state index in [4.69, 9.17) is 10.7 Å². The molecule has 4 N–H and O–H groups in total. The number of aromatic nitrogens is 2. The normalized spacial score (nSPS) is 24.9. The largest absolute Gasteiger partial charge is 0.371 e. The van der Waals surface area contributed by atoms with Crippen molar-refractivity contribution in [3.05, 3.63) is 65.5 Å². The number of urea groups is 1. The van der Waals surface area contributed by atoms with Crippen molar-refractivity contribution in [1.82, 2.24) is 30.0 Å². The Morgan fingerprint density at radius 2 is 1.52 bits per heavy atom. The van der Waals surface area contributed by atoms with Crippen molar-refractivity contribution in [3.63, 3.8) is 0 Å². The minimum absolute atomic E-state index is 0.0487. The fourth-order valence-electron chi connectivity index (χ4n) is 9.60. The standard InChI is InChI=1S/C41H47N11O6/c1-47-17-18-51(41(47)58)29-3-2-14-50(23-29)33-20-43-35(36(42)54)37(45-33)44-26-4-6-27(7-5-26)48-15-12-24-13-16-49(22-25(24)21-48)28-8-9-30-31(19-28)40(57)52(39(30)56)32-10-11-34(53)46-38(32)55/h4-9,19-20,24-25,29,32H,2-3,10-18,21-23H2,1H3,(H2,42,54)(H,44,45)(H,46,53,55)/t24-,25-,29+,32?/m0/s1. The van der Waals surface area contributed by atoms with Crippen LogP contribution in [0.1, 0.15) is 69.7 Å². The second-order valence-corrected chi connectivity index (χ2v) is 16.3. The number of carbonyl (C=O) groups is 6. The number of nitrogens with zero attached hydrogens (tertiary/aromatic N) is 8. The number of piperidine rings is 4. The number of carbonyl (C=O) groups excluding carboxylic acids is 6. The first-order valence-corrected chi connectivity index (χ1v) is 20.2. The molecule has 7 heterocycles. The minimum Gasteiger partial charge on any atom is -0.371 e. The van der Waals surface area contributed by atoms with Gasteiger partial charge in [0.05, 0.1) is 23.4 Å². The molecule has 0 aliphatic carbocycles. The Morgan fingerprint density at radius 1 is 0.793 bits per heavy atom. The van der Waals surface area contributed by atoms with Gasteiger partial charge >= 0.3 is 6.03 Å². The van der Waals surface area contributed by atoms with Crippen LogP contribution in [0.15, 0.2) is 48.7 Å². The van der Waals surface area contributed by atoms with Crippen molar-refractivity contribution < 1.29 is 28.8 Å². The summed E-state index contributed by atoms with van der Waals surface area (Å²) in [6.07, 6.45) is 5.67. The van der Waals surface area contributed by atoms with Gasteiger partial charge in [0.1, 0.15) is 11.9 Å². The molecule has 0 radical (unpaired) electrons. The molecule has 4 atom stereocenters. The number of likely N-dealkylation sites (N-methyl/N-ethyl adjacent to an activating group) is 1. The molecule has 1 aromatic heterocycles. The molecule has 17 heteroatoms. The van der Waals surface area contributed by atoms with Crippen LogP contribution in [-0.4, -0.2) is 132 Å². The zero-order valence-corrected chi connectivity index (χ0v) is 32.4. The predicted octanol–water partition coefficient (Wildman–Crippen LogP) is 2.41. The van der Waals surface area contributed by atoms with E-state index in [1.54, 1.807) is 23.2 Å². The zero-order valence-electron chi connectivity index (χ0n) is 32.4. The van der Waals surface area contributed by atoms with Crippen molar-refractivity contribution in [3.8, 4) is 0 Å². The van der Waals surface area contributed by atoms with Crippen LogP contribution in [-0.2, 0) is 9.59 Å². The molecule has 0 spiro atoms. The third-order valence-electron chi connectivity index (χ3n) is 12.8. The first-order valence-electron chi connectivity index (χ1n) is 20.2. The van der Waals surface area contributed by atoms with E-state index < -0.39 is 35.6 Å². The molecule has 17 nitrogen and oxygen atoms in total. The van der Waals surface area contributed by atoms with Crippen molar-refractivity contribution in [2.45, 2.75) is 50.6 Å². The van der Waals surface area contributed by atoms with Gasteiger partial charge in [0, 0.05) is 82.9 Å². The van der Waals surface area contributed by atoms with Crippen LogP contribution in [0, 0.1) is 11.8 Å². The van der Waals surface area contributed by atoms with E-state index in [9.17, 15) is 28.8 Å². The second kappa shape index (κ2) is 14.9. The van der Waals surface area contributed by atoms with Crippen molar-refractivity contribution in [1.29, 1.82) is 0 Å². The predicted molar refractivity (Wildman–Crippen MR) is 214 cm³/mol. The van der Waals surface area contributed by atoms with Gasteiger partial charge in [0.15, 0.2) is 11.5 Å². The summed E-state index contributed by atoms with van der Waals surface area (Å²) in [5, 5.41) is 5.53. The summed E-state index contributed by atoms with van der Waals surface area (Å²) < 4.78 is 0. The molecule has 6 aliphatic rings. The summed E-state index contributed by atoms with van der Waals surface area (Å²) in [7, 11) is 1.82. The van der Waals surface area contributed by atoms with Gasteiger partial charge in [-0.2, -0.15) is 0 Å². The lowest BCUT2D eigenvalue weighted by molar-refractivity contribution is -0.136. The lowest BCUT2D eigenvalue weighted by atomic mass is 9.79. The lowest BCUT2D eigenvalue weighted by Gasteiger charge is -2.46. The van der Waals surface area contributed by atoms with E-state index in [-0.39, 0.29) is 47.6 Å². The van der Waals surface area contributed by atoms with Crippen LogP contribution in [0.3, 0.4) is 0 Å². The van der Waals surface area contributed by atoms with E-state index in [2.05, 4.69) is 42.5 Å². The molecule has 3 aromatic rings. The highest BCUT2D eigenvalue weighted by molar-refractivity contribution is 6.23. The number of amides is 7. The van der Waals surface area contributed by atoms with E-state index >= 15 is 0 Å². The number of nitrogens with one attached hydrogen (secondary N) is 2. The monoisotopic (exact) mass is 789 g/mol. The summed E-state index contributed by atoms with van der Waals surface area (Å²) in [6, 6.07) is 12.5. The number of imide groups is 2. The van der Waals surface area contributed by atoms with Gasteiger partial charge in [0.2, 0.25) is 11.8 Å². The Bertz CT molecular complexity index is 2200. The van der Waals surface area contributed by atoms with Gasteiger partial charge in [-0.1, -0.05) is 0 Å². The van der Waals surface area contributed by atoms with Crippen LogP contribution in [0.2, 0.25) is 0 Å². The molecule has 7 amide bonds. The quantitative estimate of drug-likeness (QED) is 0.283. The topological polar surface area (TPSA) is 198 Å². The maximum Gasteiger partial charge on any atom is 0.320 e. The molecule has 9 rings (SSSR count). The number of hydrogen-bond donors (Lipinski definition) is 3. The molecular formula is C41H47N11O6. The van der Waals surface area contributed by atoms with Gasteiger partial charge in [-0.05, 0) is 86.4 Å². The van der Waals surface area contributed by atoms with Crippen molar-refractivity contribution in [2.24, 2.45) is 17.6 Å². The molecule has 0 bridgehead atoms. The van der Waals surface area contributed by atoms with Crippen LogP contribution in [0.5, 0.6) is 0 Å². The fraction of sp³-hybridized carbons (Fsp3) is 0.463. The lowest BCUT2D eigenvalue weighted by Crippen LogP contribution is -2.54. The van der Waals surface area contributed by atoms with Gasteiger partial charge in [-0.25, -0.2) is 14.8 Å². The number of fused-ring (bicyclic) bond motifs is 2. The maximum absolute atomic E-state index is 13.5. The van der Waals surface area contributed by atoms with Crippen LogP contribution >= 0.6 is 0 Å². The van der Waals surface area contributed by atoms with E-state index in [1.807, 2.05) is 30.1 Å². The Balaban J connectivity index is 0.852. The van der Waals surface area contributed by atoms with Gasteiger partial charge in [-0.3, -0.25) is 34.2 Å². The Kier molecular flexibility index (Phi) is 9.60. The molecule has 2 aromatic carbocycles. The molecule has 1 unspecified atom stereocenters. The smallest absolute Gasteiger partial charge is 0.320 e. The summed E-state index contributed by atoms with van der Waals surface area (Å²) in [5.74, 6) is -0.867. The third kappa shape index (κ3) is 6.81. The minimum atomic E-state index is -0.995. The van der Waals surface area contributed by atoms with Gasteiger partial charge in [0.25, 0.3) is 17.7 Å². The summed E-state index contributed by atoms with van der Waals surface area (Å²) in [6.45, 7) is 6.24. The molecule has 0 saturated carbocycles. The molecular weight excluding hydrogens is 743 g/mol. The van der Waals surface area contributed by atoms with Gasteiger partial charge < -0.3 is 35.6 Å². The summed E-state index contributed by atoms with van der Waals surface area (Å²) in [5.41, 5.74) is 9.02. The average Bonchev–Trinajstić information content (AvgIpc) is 3.70.